The van der Waals surface area contributed by atoms with Crippen LogP contribution >= 0.6 is 11.3 Å². The van der Waals surface area contributed by atoms with E-state index in [0.29, 0.717) is 17.4 Å². The number of aromatic amines is 1. The predicted octanol–water partition coefficient (Wildman–Crippen LogP) is 2.86. The quantitative estimate of drug-likeness (QED) is 0.713. The molecule has 0 bridgehead atoms. The average Bonchev–Trinajstić information content (AvgIpc) is 3.20. The summed E-state index contributed by atoms with van der Waals surface area (Å²) in [7, 11) is 0. The van der Waals surface area contributed by atoms with Gasteiger partial charge in [-0.1, -0.05) is 19.1 Å². The highest BCUT2D eigenvalue weighted by molar-refractivity contribution is 7.10. The molecule has 6 nitrogen and oxygen atoms in total. The number of pyridine rings is 1. The van der Waals surface area contributed by atoms with Crippen molar-refractivity contribution in [2.45, 2.75) is 25.8 Å². The minimum atomic E-state index is -0.540. The van der Waals surface area contributed by atoms with Crippen LogP contribution in [0.2, 0.25) is 0 Å². The zero-order chi connectivity index (χ0) is 19.7. The summed E-state index contributed by atoms with van der Waals surface area (Å²) in [5.41, 5.74) is 1.55. The summed E-state index contributed by atoms with van der Waals surface area (Å²) < 4.78 is 0. The molecule has 0 spiro atoms. The first kappa shape index (κ1) is 18.4. The van der Waals surface area contributed by atoms with Gasteiger partial charge < -0.3 is 15.2 Å². The van der Waals surface area contributed by atoms with Gasteiger partial charge in [0.15, 0.2) is 0 Å². The molecule has 1 aliphatic heterocycles. The number of H-pyrrole nitrogens is 1. The molecule has 4 rings (SSSR count). The van der Waals surface area contributed by atoms with Gasteiger partial charge in [-0.25, -0.2) is 0 Å². The summed E-state index contributed by atoms with van der Waals surface area (Å²) in [6, 6.07) is 9.15. The van der Waals surface area contributed by atoms with Crippen molar-refractivity contribution in [2.75, 3.05) is 13.1 Å². The van der Waals surface area contributed by atoms with Gasteiger partial charge in [0, 0.05) is 28.5 Å². The second-order valence-corrected chi connectivity index (χ2v) is 7.82. The Bertz CT molecular complexity index is 1100. The minimum absolute atomic E-state index is 0.0114. The molecular weight excluding hydrogens is 374 g/mol. The molecule has 2 N–H and O–H groups in total. The lowest BCUT2D eigenvalue weighted by atomic mass is 9.98. The van der Waals surface area contributed by atoms with E-state index in [0.717, 1.165) is 12.8 Å². The van der Waals surface area contributed by atoms with Crippen LogP contribution in [0.3, 0.4) is 0 Å². The van der Waals surface area contributed by atoms with Crippen molar-refractivity contribution < 1.29 is 9.59 Å². The van der Waals surface area contributed by atoms with Crippen LogP contribution in [-0.2, 0) is 11.2 Å². The fourth-order valence-electron chi connectivity index (χ4n) is 3.82. The molecule has 0 radical (unpaired) electrons. The Balaban J connectivity index is 1.47. The number of thiophene rings is 1. The van der Waals surface area contributed by atoms with Crippen molar-refractivity contribution in [1.82, 2.24) is 15.2 Å². The number of amides is 2. The summed E-state index contributed by atoms with van der Waals surface area (Å²) in [4.78, 5) is 43.9. The molecule has 0 fully saturated rings. The molecule has 144 valence electrons. The van der Waals surface area contributed by atoms with E-state index in [1.54, 1.807) is 29.5 Å². The fraction of sp³-hybridized carbons (Fsp3) is 0.286. The Hall–Kier alpha value is -2.93. The molecule has 3 aromatic rings. The third kappa shape index (κ3) is 3.22. The van der Waals surface area contributed by atoms with Gasteiger partial charge in [0.2, 0.25) is 11.3 Å². The molecule has 1 aromatic carbocycles. The number of fused-ring (bicyclic) bond motifs is 2. The predicted molar refractivity (Wildman–Crippen MR) is 110 cm³/mol. The number of para-hydroxylation sites is 1. The molecule has 2 aromatic heterocycles. The number of rotatable bonds is 4. The van der Waals surface area contributed by atoms with E-state index in [1.807, 2.05) is 11.0 Å². The lowest BCUT2D eigenvalue weighted by molar-refractivity contribution is -0.133. The highest BCUT2D eigenvalue weighted by atomic mass is 32.1. The Morgan fingerprint density at radius 1 is 1.29 bits per heavy atom. The van der Waals surface area contributed by atoms with Crippen LogP contribution in [0.25, 0.3) is 10.9 Å². The minimum Gasteiger partial charge on any atom is -0.360 e. The number of carbonyl (C=O) groups excluding carboxylic acids is 2. The first-order valence-corrected chi connectivity index (χ1v) is 10.2. The van der Waals surface area contributed by atoms with E-state index in [4.69, 9.17) is 0 Å². The van der Waals surface area contributed by atoms with Gasteiger partial charge in [-0.15, -0.1) is 11.3 Å². The van der Waals surface area contributed by atoms with Crippen LogP contribution in [0.1, 0.15) is 40.2 Å². The van der Waals surface area contributed by atoms with E-state index in [2.05, 4.69) is 28.7 Å². The highest BCUT2D eigenvalue weighted by Gasteiger charge is 2.30. The largest absolute Gasteiger partial charge is 0.360 e. The number of nitrogens with zero attached hydrogens (tertiary/aromatic N) is 1. The zero-order valence-electron chi connectivity index (χ0n) is 15.5. The molecule has 1 atom stereocenters. The average molecular weight is 395 g/mol. The normalized spacial score (nSPS) is 16.0. The van der Waals surface area contributed by atoms with Crippen LogP contribution in [-0.4, -0.2) is 34.8 Å². The van der Waals surface area contributed by atoms with E-state index in [1.165, 1.54) is 16.6 Å². The van der Waals surface area contributed by atoms with E-state index in [9.17, 15) is 14.4 Å². The van der Waals surface area contributed by atoms with Crippen molar-refractivity contribution in [3.8, 4) is 0 Å². The van der Waals surface area contributed by atoms with Crippen molar-refractivity contribution in [3.05, 3.63) is 68.1 Å². The lowest BCUT2D eigenvalue weighted by Crippen LogP contribution is -2.45. The van der Waals surface area contributed by atoms with Gasteiger partial charge in [-0.05, 0) is 42.0 Å². The molecule has 0 saturated carbocycles. The second kappa shape index (κ2) is 7.59. The van der Waals surface area contributed by atoms with Gasteiger partial charge >= 0.3 is 0 Å². The highest BCUT2D eigenvalue weighted by Crippen LogP contribution is 2.35. The fourth-order valence-corrected chi connectivity index (χ4v) is 4.75. The molecule has 7 heteroatoms. The number of hydrogen-bond donors (Lipinski definition) is 2. The number of benzene rings is 1. The summed E-state index contributed by atoms with van der Waals surface area (Å²) in [6.45, 7) is 2.59. The third-order valence-corrected chi connectivity index (χ3v) is 6.23. The number of nitrogens with one attached hydrogen (secondary N) is 2. The molecular formula is C21H21N3O3S. The van der Waals surface area contributed by atoms with Crippen LogP contribution in [0.4, 0.5) is 0 Å². The third-order valence-electron chi connectivity index (χ3n) is 5.24. The Kier molecular flexibility index (Phi) is 5.00. The maximum Gasteiger partial charge on any atom is 0.257 e. The van der Waals surface area contributed by atoms with Gasteiger partial charge in [0.25, 0.3) is 5.91 Å². The van der Waals surface area contributed by atoms with Gasteiger partial charge in [0.05, 0.1) is 12.6 Å². The van der Waals surface area contributed by atoms with Gasteiger partial charge in [-0.2, -0.15) is 0 Å². The molecule has 0 saturated heterocycles. The molecule has 28 heavy (non-hydrogen) atoms. The lowest BCUT2D eigenvalue weighted by Gasteiger charge is -2.35. The second-order valence-electron chi connectivity index (χ2n) is 6.82. The van der Waals surface area contributed by atoms with Gasteiger partial charge in [0.1, 0.15) is 5.56 Å². The van der Waals surface area contributed by atoms with Crippen molar-refractivity contribution in [1.29, 1.82) is 0 Å². The summed E-state index contributed by atoms with van der Waals surface area (Å²) in [6.07, 6.45) is 3.07. The number of carbonyl (C=O) groups is 2. The number of hydrogen-bond acceptors (Lipinski definition) is 4. The van der Waals surface area contributed by atoms with E-state index in [-0.39, 0.29) is 29.5 Å². The topological polar surface area (TPSA) is 82.3 Å². The number of aromatic nitrogens is 1. The van der Waals surface area contributed by atoms with E-state index >= 15 is 0 Å². The smallest absolute Gasteiger partial charge is 0.257 e. The summed E-state index contributed by atoms with van der Waals surface area (Å²) in [5, 5.41) is 5.13. The standard InChI is InChI=1S/C21H21N3O3S/c1-2-17-14-8-10-28-18(14)7-9-24(17)19(25)12-23-21(27)15-11-22-16-6-4-3-5-13(16)20(15)26/h3-6,8,10-11,17H,2,7,9,12H2,1H3,(H,22,26)(H,23,27). The van der Waals surface area contributed by atoms with Crippen LogP contribution in [0.5, 0.6) is 0 Å². The first-order chi connectivity index (χ1) is 13.6. The summed E-state index contributed by atoms with van der Waals surface area (Å²) >= 11 is 1.73. The maximum atomic E-state index is 12.8. The molecule has 0 aliphatic carbocycles. The monoisotopic (exact) mass is 395 g/mol. The van der Waals surface area contributed by atoms with Crippen LogP contribution < -0.4 is 10.7 Å². The maximum absolute atomic E-state index is 12.8. The van der Waals surface area contributed by atoms with Crippen LogP contribution in [0.15, 0.2) is 46.7 Å². The van der Waals surface area contributed by atoms with E-state index < -0.39 is 5.91 Å². The van der Waals surface area contributed by atoms with Crippen molar-refractivity contribution in [2.24, 2.45) is 0 Å². The molecule has 1 unspecified atom stereocenters. The Morgan fingerprint density at radius 2 is 2.11 bits per heavy atom. The van der Waals surface area contributed by atoms with Crippen molar-refractivity contribution >= 4 is 34.1 Å². The molecule has 1 aliphatic rings. The van der Waals surface area contributed by atoms with Crippen LogP contribution in [0, 0.1) is 0 Å². The SMILES string of the molecule is CCC1c2ccsc2CCN1C(=O)CNC(=O)c1c[nH]c2ccccc2c1=O. The Labute approximate surface area is 166 Å². The van der Waals surface area contributed by atoms with Gasteiger partial charge in [-0.3, -0.25) is 14.4 Å². The first-order valence-electron chi connectivity index (χ1n) is 9.34. The zero-order valence-corrected chi connectivity index (χ0v) is 16.3. The molecule has 2 amide bonds. The summed E-state index contributed by atoms with van der Waals surface area (Å²) in [5.74, 6) is -0.670. The van der Waals surface area contributed by atoms with Crippen molar-refractivity contribution in [3.63, 3.8) is 0 Å². The molecule has 3 heterocycles. The Morgan fingerprint density at radius 3 is 2.93 bits per heavy atom.